The summed E-state index contributed by atoms with van der Waals surface area (Å²) in [6.07, 6.45) is 4.42. The minimum absolute atomic E-state index is 0.770. The highest BCUT2D eigenvalue weighted by Crippen LogP contribution is 2.13. The standard InChI is InChI=1S/C11H14N4S/c1-3-9-4-11(15-7-14-9)13-6-10-5-12-8(2)16-10/h4-5,7H,3,6H2,1-2H3,(H,13,14,15). The van der Waals surface area contributed by atoms with Crippen molar-refractivity contribution in [1.29, 1.82) is 0 Å². The predicted octanol–water partition coefficient (Wildman–Crippen LogP) is 2.42. The number of nitrogens with zero attached hydrogens (tertiary/aromatic N) is 3. The molecule has 0 fully saturated rings. The molecule has 2 aromatic rings. The van der Waals surface area contributed by atoms with Crippen LogP contribution in [0.2, 0.25) is 0 Å². The second kappa shape index (κ2) is 5.03. The molecular weight excluding hydrogens is 220 g/mol. The largest absolute Gasteiger partial charge is 0.365 e. The number of thiazole rings is 1. The zero-order valence-electron chi connectivity index (χ0n) is 9.40. The molecule has 4 nitrogen and oxygen atoms in total. The molecule has 0 aliphatic heterocycles. The lowest BCUT2D eigenvalue weighted by atomic mass is 10.3. The normalized spacial score (nSPS) is 10.4. The molecule has 0 unspecified atom stereocenters. The van der Waals surface area contributed by atoms with Crippen LogP contribution in [-0.2, 0) is 13.0 Å². The van der Waals surface area contributed by atoms with E-state index in [1.807, 2.05) is 19.2 Å². The van der Waals surface area contributed by atoms with Gasteiger partial charge >= 0.3 is 0 Å². The molecule has 0 aliphatic rings. The molecule has 0 aliphatic carbocycles. The summed E-state index contributed by atoms with van der Waals surface area (Å²) in [5, 5.41) is 4.36. The topological polar surface area (TPSA) is 50.7 Å². The Kier molecular flexibility index (Phi) is 3.46. The van der Waals surface area contributed by atoms with E-state index in [0.29, 0.717) is 0 Å². The summed E-state index contributed by atoms with van der Waals surface area (Å²) in [5.41, 5.74) is 1.05. The smallest absolute Gasteiger partial charge is 0.129 e. The molecule has 2 rings (SSSR count). The van der Waals surface area contributed by atoms with Gasteiger partial charge < -0.3 is 5.32 Å². The quantitative estimate of drug-likeness (QED) is 0.882. The number of aromatic nitrogens is 3. The zero-order chi connectivity index (χ0) is 11.4. The van der Waals surface area contributed by atoms with Gasteiger partial charge in [-0.2, -0.15) is 0 Å². The summed E-state index contributed by atoms with van der Waals surface area (Å²) < 4.78 is 0. The van der Waals surface area contributed by atoms with E-state index < -0.39 is 0 Å². The fourth-order valence-corrected chi connectivity index (χ4v) is 2.09. The van der Waals surface area contributed by atoms with Crippen molar-refractivity contribution < 1.29 is 0 Å². The van der Waals surface area contributed by atoms with Crippen molar-refractivity contribution in [3.8, 4) is 0 Å². The van der Waals surface area contributed by atoms with Gasteiger partial charge in [-0.05, 0) is 13.3 Å². The fraction of sp³-hybridized carbons (Fsp3) is 0.364. The van der Waals surface area contributed by atoms with E-state index in [1.54, 1.807) is 17.7 Å². The van der Waals surface area contributed by atoms with Crippen molar-refractivity contribution in [2.75, 3.05) is 5.32 Å². The summed E-state index contributed by atoms with van der Waals surface area (Å²) in [6.45, 7) is 4.86. The molecule has 0 spiro atoms. The third-order valence-electron chi connectivity index (χ3n) is 2.20. The van der Waals surface area contributed by atoms with Crippen molar-refractivity contribution in [2.24, 2.45) is 0 Å². The lowest BCUT2D eigenvalue weighted by molar-refractivity contribution is 0.988. The maximum Gasteiger partial charge on any atom is 0.129 e. The first-order chi connectivity index (χ1) is 7.78. The van der Waals surface area contributed by atoms with E-state index in [0.717, 1.165) is 29.5 Å². The average Bonchev–Trinajstić information content (AvgIpc) is 2.73. The minimum atomic E-state index is 0.770. The van der Waals surface area contributed by atoms with Crippen LogP contribution in [0.3, 0.4) is 0 Å². The maximum absolute atomic E-state index is 4.21. The van der Waals surface area contributed by atoms with Gasteiger partial charge in [-0.25, -0.2) is 15.0 Å². The van der Waals surface area contributed by atoms with Crippen molar-refractivity contribution in [1.82, 2.24) is 15.0 Å². The molecule has 16 heavy (non-hydrogen) atoms. The first-order valence-electron chi connectivity index (χ1n) is 5.24. The molecule has 84 valence electrons. The number of rotatable bonds is 4. The third-order valence-corrected chi connectivity index (χ3v) is 3.11. The highest BCUT2D eigenvalue weighted by Gasteiger charge is 2.00. The Bertz CT molecular complexity index is 467. The van der Waals surface area contributed by atoms with Crippen molar-refractivity contribution >= 4 is 17.2 Å². The van der Waals surface area contributed by atoms with Gasteiger partial charge in [0.1, 0.15) is 12.1 Å². The summed E-state index contributed by atoms with van der Waals surface area (Å²) in [5.74, 6) is 0.873. The van der Waals surface area contributed by atoms with Gasteiger partial charge in [-0.15, -0.1) is 11.3 Å². The molecule has 2 heterocycles. The Labute approximate surface area is 98.8 Å². The van der Waals surface area contributed by atoms with Crippen LogP contribution in [0.15, 0.2) is 18.6 Å². The Morgan fingerprint density at radius 1 is 1.31 bits per heavy atom. The van der Waals surface area contributed by atoms with E-state index >= 15 is 0 Å². The molecular formula is C11H14N4S. The molecule has 0 saturated heterocycles. The molecule has 0 radical (unpaired) electrons. The SMILES string of the molecule is CCc1cc(NCc2cnc(C)s2)ncn1. The molecule has 1 N–H and O–H groups in total. The van der Waals surface area contributed by atoms with Crippen LogP contribution in [0.4, 0.5) is 5.82 Å². The van der Waals surface area contributed by atoms with Crippen LogP contribution in [-0.4, -0.2) is 15.0 Å². The summed E-state index contributed by atoms with van der Waals surface area (Å²) in [4.78, 5) is 13.8. The zero-order valence-corrected chi connectivity index (χ0v) is 10.2. The van der Waals surface area contributed by atoms with Crippen molar-refractivity contribution in [3.63, 3.8) is 0 Å². The number of hydrogen-bond donors (Lipinski definition) is 1. The van der Waals surface area contributed by atoms with Crippen LogP contribution in [0.1, 0.15) is 22.5 Å². The fourth-order valence-electron chi connectivity index (χ4n) is 1.35. The van der Waals surface area contributed by atoms with Gasteiger partial charge in [0.25, 0.3) is 0 Å². The summed E-state index contributed by atoms with van der Waals surface area (Å²) in [6, 6.07) is 1.98. The summed E-state index contributed by atoms with van der Waals surface area (Å²) >= 11 is 1.70. The Hall–Kier alpha value is -1.49. The molecule has 2 aromatic heterocycles. The van der Waals surface area contributed by atoms with Crippen LogP contribution in [0.25, 0.3) is 0 Å². The van der Waals surface area contributed by atoms with E-state index in [9.17, 15) is 0 Å². The second-order valence-corrected chi connectivity index (χ2v) is 4.77. The molecule has 0 bridgehead atoms. The predicted molar refractivity (Wildman–Crippen MR) is 65.6 cm³/mol. The second-order valence-electron chi connectivity index (χ2n) is 3.45. The number of nitrogens with one attached hydrogen (secondary N) is 1. The van der Waals surface area contributed by atoms with E-state index in [1.165, 1.54) is 4.88 Å². The highest BCUT2D eigenvalue weighted by molar-refractivity contribution is 7.11. The summed E-state index contributed by atoms with van der Waals surface area (Å²) in [7, 11) is 0. The van der Waals surface area contributed by atoms with Crippen LogP contribution in [0, 0.1) is 6.92 Å². The molecule has 5 heteroatoms. The van der Waals surface area contributed by atoms with Crippen LogP contribution >= 0.6 is 11.3 Å². The average molecular weight is 234 g/mol. The maximum atomic E-state index is 4.21. The lowest BCUT2D eigenvalue weighted by Gasteiger charge is -2.04. The van der Waals surface area contributed by atoms with Gasteiger partial charge in [-0.3, -0.25) is 0 Å². The van der Waals surface area contributed by atoms with Gasteiger partial charge in [0.05, 0.1) is 11.6 Å². The molecule has 0 atom stereocenters. The van der Waals surface area contributed by atoms with Crippen LogP contribution in [0.5, 0.6) is 0 Å². The molecule has 0 amide bonds. The number of hydrogen-bond acceptors (Lipinski definition) is 5. The van der Waals surface area contributed by atoms with Gasteiger partial charge in [0, 0.05) is 22.8 Å². The van der Waals surface area contributed by atoms with E-state index in [2.05, 4.69) is 27.2 Å². The number of anilines is 1. The van der Waals surface area contributed by atoms with Gasteiger partial charge in [0.15, 0.2) is 0 Å². The van der Waals surface area contributed by atoms with Crippen molar-refractivity contribution in [2.45, 2.75) is 26.8 Å². The Morgan fingerprint density at radius 2 is 2.19 bits per heavy atom. The van der Waals surface area contributed by atoms with Crippen molar-refractivity contribution in [3.05, 3.63) is 34.2 Å². The molecule has 0 aromatic carbocycles. The highest BCUT2D eigenvalue weighted by atomic mass is 32.1. The first-order valence-corrected chi connectivity index (χ1v) is 6.05. The minimum Gasteiger partial charge on any atom is -0.365 e. The Balaban J connectivity index is 1.99. The van der Waals surface area contributed by atoms with E-state index in [4.69, 9.17) is 0 Å². The monoisotopic (exact) mass is 234 g/mol. The van der Waals surface area contributed by atoms with Gasteiger partial charge in [-0.1, -0.05) is 6.92 Å². The molecule has 0 saturated carbocycles. The Morgan fingerprint density at radius 3 is 2.88 bits per heavy atom. The van der Waals surface area contributed by atoms with Gasteiger partial charge in [0.2, 0.25) is 0 Å². The number of aryl methyl sites for hydroxylation is 2. The first kappa shape index (κ1) is 11.0. The van der Waals surface area contributed by atoms with Crippen LogP contribution < -0.4 is 5.32 Å². The third kappa shape index (κ3) is 2.76. The van der Waals surface area contributed by atoms with E-state index in [-0.39, 0.29) is 0 Å². The lowest BCUT2D eigenvalue weighted by Crippen LogP contribution is -2.01.